The SMILES string of the molecule is CC(C)(C)c1cc(CN2C(=O)COc3ccc(C=C4SC(=S)NC4=O)cc32)cc(C(=O)O)c1. The number of hydrogen-bond donors (Lipinski definition) is 2. The predicted molar refractivity (Wildman–Crippen MR) is 132 cm³/mol. The second-order valence-electron chi connectivity index (χ2n) is 8.82. The van der Waals surface area contributed by atoms with E-state index in [0.717, 1.165) is 5.56 Å². The lowest BCUT2D eigenvalue weighted by Gasteiger charge is -2.30. The van der Waals surface area contributed by atoms with Crippen LogP contribution in [0.1, 0.15) is 47.8 Å². The third-order valence-corrected chi connectivity index (χ3v) is 6.47. The van der Waals surface area contributed by atoms with Gasteiger partial charge < -0.3 is 20.1 Å². The third-order valence-electron chi connectivity index (χ3n) is 5.31. The molecule has 0 bridgehead atoms. The van der Waals surface area contributed by atoms with E-state index >= 15 is 0 Å². The minimum absolute atomic E-state index is 0.106. The number of carbonyl (C=O) groups excluding carboxylic acids is 2. The summed E-state index contributed by atoms with van der Waals surface area (Å²) in [7, 11) is 0. The molecule has 2 aromatic rings. The number of carboxylic acid groups (broad SMARTS) is 1. The average molecular weight is 483 g/mol. The summed E-state index contributed by atoms with van der Waals surface area (Å²) >= 11 is 6.22. The van der Waals surface area contributed by atoms with Gasteiger partial charge in [0.2, 0.25) is 0 Å². The third kappa shape index (κ3) is 4.94. The van der Waals surface area contributed by atoms with E-state index in [4.69, 9.17) is 17.0 Å². The molecule has 0 saturated carbocycles. The molecule has 0 aromatic heterocycles. The molecule has 9 heteroatoms. The van der Waals surface area contributed by atoms with Crippen LogP contribution < -0.4 is 15.0 Å². The number of benzene rings is 2. The van der Waals surface area contributed by atoms with Gasteiger partial charge in [-0.2, -0.15) is 0 Å². The normalized spacial score (nSPS) is 17.1. The van der Waals surface area contributed by atoms with Gasteiger partial charge in [-0.05, 0) is 52.4 Å². The number of hydrogen-bond acceptors (Lipinski definition) is 6. The maximum Gasteiger partial charge on any atom is 0.335 e. The van der Waals surface area contributed by atoms with Gasteiger partial charge in [-0.3, -0.25) is 9.59 Å². The van der Waals surface area contributed by atoms with Crippen molar-refractivity contribution in [1.82, 2.24) is 5.32 Å². The minimum atomic E-state index is -1.02. The number of aromatic carboxylic acids is 1. The second-order valence-corrected chi connectivity index (χ2v) is 10.5. The first-order valence-corrected chi connectivity index (χ1v) is 11.4. The Hall–Kier alpha value is -3.17. The zero-order valence-electron chi connectivity index (χ0n) is 18.3. The van der Waals surface area contributed by atoms with E-state index in [9.17, 15) is 19.5 Å². The monoisotopic (exact) mass is 482 g/mol. The summed E-state index contributed by atoms with van der Waals surface area (Å²) in [4.78, 5) is 38.6. The Kier molecular flexibility index (Phi) is 6.02. The molecule has 0 radical (unpaired) electrons. The first-order valence-electron chi connectivity index (χ1n) is 10.2. The number of thiocarbonyl (C=S) groups is 1. The maximum atomic E-state index is 12.8. The molecule has 2 aliphatic heterocycles. The number of fused-ring (bicyclic) bond motifs is 1. The van der Waals surface area contributed by atoms with Gasteiger partial charge in [-0.15, -0.1) is 0 Å². The van der Waals surface area contributed by atoms with E-state index in [2.05, 4.69) is 5.32 Å². The highest BCUT2D eigenvalue weighted by atomic mass is 32.2. The molecule has 0 unspecified atom stereocenters. The average Bonchev–Trinajstić information content (AvgIpc) is 3.06. The molecule has 2 aromatic carbocycles. The van der Waals surface area contributed by atoms with Crippen molar-refractivity contribution in [3.8, 4) is 5.75 Å². The van der Waals surface area contributed by atoms with Crippen LogP contribution in [0, 0.1) is 0 Å². The van der Waals surface area contributed by atoms with Gasteiger partial charge in [0, 0.05) is 0 Å². The van der Waals surface area contributed by atoms with Gasteiger partial charge in [0.15, 0.2) is 6.61 Å². The van der Waals surface area contributed by atoms with Gasteiger partial charge in [0.1, 0.15) is 10.1 Å². The van der Waals surface area contributed by atoms with Crippen LogP contribution in [0.4, 0.5) is 5.69 Å². The topological polar surface area (TPSA) is 95.9 Å². The van der Waals surface area contributed by atoms with E-state index in [1.807, 2.05) is 26.8 Å². The number of thioether (sulfide) groups is 1. The highest BCUT2D eigenvalue weighted by Gasteiger charge is 2.28. The number of nitrogens with one attached hydrogen (secondary N) is 1. The number of rotatable bonds is 4. The lowest BCUT2D eigenvalue weighted by molar-refractivity contribution is -0.121. The van der Waals surface area contributed by atoms with Crippen molar-refractivity contribution in [3.05, 3.63) is 63.6 Å². The number of carboxylic acids is 1. The Morgan fingerprint density at radius 3 is 2.64 bits per heavy atom. The van der Waals surface area contributed by atoms with Crippen LogP contribution in [-0.4, -0.2) is 33.8 Å². The molecule has 2 aliphatic rings. The van der Waals surface area contributed by atoms with Crippen molar-refractivity contribution in [3.63, 3.8) is 0 Å². The molecule has 4 rings (SSSR count). The zero-order chi connectivity index (χ0) is 23.9. The number of nitrogens with zero attached hydrogens (tertiary/aromatic N) is 1. The fourth-order valence-corrected chi connectivity index (χ4v) is 4.62. The van der Waals surface area contributed by atoms with Crippen LogP contribution in [0.25, 0.3) is 6.08 Å². The van der Waals surface area contributed by atoms with Crippen LogP contribution in [0.3, 0.4) is 0 Å². The van der Waals surface area contributed by atoms with E-state index in [1.54, 1.807) is 41.3 Å². The first kappa shape index (κ1) is 23.0. The largest absolute Gasteiger partial charge is 0.482 e. The predicted octanol–water partition coefficient (Wildman–Crippen LogP) is 4.10. The van der Waals surface area contributed by atoms with Gasteiger partial charge in [-0.1, -0.05) is 56.9 Å². The van der Waals surface area contributed by atoms with E-state index in [0.29, 0.717) is 31.8 Å². The van der Waals surface area contributed by atoms with Crippen LogP contribution in [-0.2, 0) is 21.5 Å². The second kappa shape index (κ2) is 8.64. The standard InChI is InChI=1S/C24H22N2O5S2/c1-24(2,3)16-7-14(6-15(10-16)22(29)30)11-26-17-8-13(4-5-18(17)31-12-20(26)27)9-19-21(28)25-23(32)33-19/h4-10H,11-12H2,1-3H3,(H,29,30)(H,25,28,32). The first-order chi connectivity index (χ1) is 15.5. The number of carbonyl (C=O) groups is 3. The molecular formula is C24H22N2O5S2. The Bertz CT molecular complexity index is 1230. The molecule has 170 valence electrons. The molecule has 0 spiro atoms. The van der Waals surface area contributed by atoms with Crippen LogP contribution in [0.15, 0.2) is 41.3 Å². The van der Waals surface area contributed by atoms with Crippen molar-refractivity contribution in [2.24, 2.45) is 0 Å². The summed E-state index contributed by atoms with van der Waals surface area (Å²) in [6.45, 7) is 6.12. The fraction of sp³-hybridized carbons (Fsp3) is 0.250. The van der Waals surface area contributed by atoms with Crippen molar-refractivity contribution in [1.29, 1.82) is 0 Å². The van der Waals surface area contributed by atoms with Crippen molar-refractivity contribution < 1.29 is 24.2 Å². The Morgan fingerprint density at radius 1 is 1.24 bits per heavy atom. The number of anilines is 1. The molecule has 0 atom stereocenters. The summed E-state index contributed by atoms with van der Waals surface area (Å²) in [5.74, 6) is -0.969. The summed E-state index contributed by atoms with van der Waals surface area (Å²) in [6.07, 6.45) is 1.71. The quantitative estimate of drug-likeness (QED) is 0.500. The highest BCUT2D eigenvalue weighted by molar-refractivity contribution is 8.26. The van der Waals surface area contributed by atoms with Crippen LogP contribution in [0.5, 0.6) is 5.75 Å². The molecule has 2 heterocycles. The Labute approximate surface area is 200 Å². The molecule has 2 N–H and O–H groups in total. The van der Waals surface area contributed by atoms with Gasteiger partial charge in [0.25, 0.3) is 11.8 Å². The molecule has 7 nitrogen and oxygen atoms in total. The molecule has 1 fully saturated rings. The Balaban J connectivity index is 1.72. The molecule has 33 heavy (non-hydrogen) atoms. The maximum absolute atomic E-state index is 12.8. The molecule has 0 aliphatic carbocycles. The van der Waals surface area contributed by atoms with Crippen molar-refractivity contribution >= 4 is 57.8 Å². The molecular weight excluding hydrogens is 460 g/mol. The van der Waals surface area contributed by atoms with E-state index < -0.39 is 5.97 Å². The lowest BCUT2D eigenvalue weighted by Crippen LogP contribution is -2.38. The number of amides is 2. The number of ether oxygens (including phenoxy) is 1. The van der Waals surface area contributed by atoms with Gasteiger partial charge >= 0.3 is 5.97 Å². The summed E-state index contributed by atoms with van der Waals surface area (Å²) in [5, 5.41) is 12.2. The summed E-state index contributed by atoms with van der Waals surface area (Å²) < 4.78 is 6.00. The summed E-state index contributed by atoms with van der Waals surface area (Å²) in [5.41, 5.74) is 2.78. The lowest BCUT2D eigenvalue weighted by atomic mass is 9.85. The van der Waals surface area contributed by atoms with E-state index in [-0.39, 0.29) is 35.9 Å². The molecule has 1 saturated heterocycles. The van der Waals surface area contributed by atoms with Crippen LogP contribution >= 0.6 is 24.0 Å². The Morgan fingerprint density at radius 2 is 2.00 bits per heavy atom. The van der Waals surface area contributed by atoms with Crippen molar-refractivity contribution in [2.75, 3.05) is 11.5 Å². The fourth-order valence-electron chi connectivity index (χ4n) is 3.58. The van der Waals surface area contributed by atoms with Crippen LogP contribution in [0.2, 0.25) is 0 Å². The highest BCUT2D eigenvalue weighted by Crippen LogP contribution is 2.36. The van der Waals surface area contributed by atoms with Gasteiger partial charge in [0.05, 0.1) is 22.7 Å². The smallest absolute Gasteiger partial charge is 0.335 e. The minimum Gasteiger partial charge on any atom is -0.482 e. The zero-order valence-corrected chi connectivity index (χ0v) is 19.9. The molecule has 2 amide bonds. The van der Waals surface area contributed by atoms with E-state index in [1.165, 1.54) is 11.8 Å². The van der Waals surface area contributed by atoms with Gasteiger partial charge in [-0.25, -0.2) is 4.79 Å². The van der Waals surface area contributed by atoms with Crippen molar-refractivity contribution in [2.45, 2.75) is 32.7 Å². The summed E-state index contributed by atoms with van der Waals surface area (Å²) in [6, 6.07) is 10.5.